The van der Waals surface area contributed by atoms with E-state index in [1.165, 1.54) is 6.42 Å². The maximum absolute atomic E-state index is 14.3. The van der Waals surface area contributed by atoms with Crippen LogP contribution >= 0.6 is 11.6 Å². The van der Waals surface area contributed by atoms with Gasteiger partial charge in [-0.3, -0.25) is 14.5 Å². The third kappa shape index (κ3) is 8.52. The van der Waals surface area contributed by atoms with Crippen LogP contribution in [0, 0.1) is 5.92 Å². The van der Waals surface area contributed by atoms with Crippen molar-refractivity contribution >= 4 is 40.8 Å². The van der Waals surface area contributed by atoms with Crippen molar-refractivity contribution in [3.05, 3.63) is 58.1 Å². The maximum Gasteiger partial charge on any atom is 0.322 e. The number of amides is 4. The molecule has 4 heterocycles. The summed E-state index contributed by atoms with van der Waals surface area (Å²) in [5, 5.41) is 3.58. The van der Waals surface area contributed by atoms with Gasteiger partial charge in [-0.2, -0.15) is 0 Å². The highest BCUT2D eigenvalue weighted by Gasteiger charge is 2.35. The summed E-state index contributed by atoms with van der Waals surface area (Å²) < 4.78 is 0. The van der Waals surface area contributed by atoms with Crippen LogP contribution in [0.2, 0.25) is 5.02 Å². The Kier molecular flexibility index (Phi) is 11.7. The third-order valence-corrected chi connectivity index (χ3v) is 11.7. The van der Waals surface area contributed by atoms with Crippen molar-refractivity contribution < 1.29 is 14.4 Å². The van der Waals surface area contributed by atoms with Crippen LogP contribution in [0.1, 0.15) is 62.1 Å². The summed E-state index contributed by atoms with van der Waals surface area (Å²) in [6.45, 7) is 9.71. The molecule has 0 radical (unpaired) electrons. The van der Waals surface area contributed by atoms with E-state index < -0.39 is 5.92 Å². The van der Waals surface area contributed by atoms with Crippen LogP contribution < -0.4 is 11.1 Å². The predicted molar refractivity (Wildman–Crippen MR) is 196 cm³/mol. The van der Waals surface area contributed by atoms with Gasteiger partial charge in [-0.05, 0) is 100 Å². The Labute approximate surface area is 296 Å². The number of para-hydroxylation sites is 1. The van der Waals surface area contributed by atoms with E-state index in [1.807, 2.05) is 52.0 Å². The Morgan fingerprint density at radius 3 is 2.39 bits per heavy atom. The van der Waals surface area contributed by atoms with E-state index in [9.17, 15) is 14.4 Å². The first-order valence-corrected chi connectivity index (χ1v) is 18.8. The zero-order valence-corrected chi connectivity index (χ0v) is 30.1. The average molecular weight is 692 g/mol. The molecule has 10 nitrogen and oxygen atoms in total. The first-order valence-electron chi connectivity index (χ1n) is 18.4. The molecule has 1 atom stereocenters. The average Bonchev–Trinajstić information content (AvgIpc) is 3.44. The molecule has 2 aromatic rings. The second kappa shape index (κ2) is 16.1. The van der Waals surface area contributed by atoms with Gasteiger partial charge < -0.3 is 30.7 Å². The van der Waals surface area contributed by atoms with Crippen molar-refractivity contribution in [3.63, 3.8) is 0 Å². The largest absolute Gasteiger partial charge is 0.397 e. The van der Waals surface area contributed by atoms with E-state index in [-0.39, 0.29) is 30.3 Å². The number of hydrogen-bond acceptors (Lipinski definition) is 6. The Hall–Kier alpha value is -3.34. The third-order valence-electron chi connectivity index (χ3n) is 11.4. The van der Waals surface area contributed by atoms with Crippen molar-refractivity contribution in [1.82, 2.24) is 24.5 Å². The molecule has 0 spiro atoms. The van der Waals surface area contributed by atoms with Crippen LogP contribution in [0.25, 0.3) is 0 Å². The molecule has 6 rings (SSSR count). The minimum atomic E-state index is -0.479. The SMILES string of the molecule is CCc1cc(C[C@@H](CC(=O)N2CCC(N3CCc4ccccc4NC3=O)CC2)C(=O)N2CCC(N3CCCN(C)CC3)CC2)cc(Cl)c1N. The van der Waals surface area contributed by atoms with Crippen molar-refractivity contribution in [2.24, 2.45) is 5.92 Å². The van der Waals surface area contributed by atoms with E-state index in [0.717, 1.165) is 100 Å². The molecule has 0 bridgehead atoms. The summed E-state index contributed by atoms with van der Waals surface area (Å²) in [6.07, 6.45) is 6.71. The van der Waals surface area contributed by atoms with Gasteiger partial charge in [-0.25, -0.2) is 4.79 Å². The molecule has 0 aromatic heterocycles. The molecule has 3 fully saturated rings. The predicted octanol–water partition coefficient (Wildman–Crippen LogP) is 4.74. The number of benzene rings is 2. The first kappa shape index (κ1) is 35.5. The maximum atomic E-state index is 14.3. The zero-order chi connectivity index (χ0) is 34.5. The van der Waals surface area contributed by atoms with Crippen LogP contribution in [0.4, 0.5) is 16.2 Å². The van der Waals surface area contributed by atoms with Gasteiger partial charge in [0.05, 0.1) is 16.6 Å². The van der Waals surface area contributed by atoms with Crippen molar-refractivity contribution in [1.29, 1.82) is 0 Å². The lowest BCUT2D eigenvalue weighted by Gasteiger charge is -2.40. The van der Waals surface area contributed by atoms with Gasteiger partial charge in [0.25, 0.3) is 0 Å². The number of aryl methyl sites for hydroxylation is 1. The summed E-state index contributed by atoms with van der Waals surface area (Å²) in [5.74, 6) is -0.415. The summed E-state index contributed by atoms with van der Waals surface area (Å²) in [4.78, 5) is 52.2. The number of piperidine rings is 2. The summed E-state index contributed by atoms with van der Waals surface area (Å²) in [7, 11) is 2.19. The number of nitrogen functional groups attached to an aromatic ring is 1. The molecular weight excluding hydrogens is 638 g/mol. The number of nitrogens with one attached hydrogen (secondary N) is 1. The number of fused-ring (bicyclic) bond motifs is 1. The molecule has 0 unspecified atom stereocenters. The van der Waals surface area contributed by atoms with Gasteiger partial charge in [0.2, 0.25) is 11.8 Å². The van der Waals surface area contributed by atoms with Crippen LogP contribution in [0.5, 0.6) is 0 Å². The van der Waals surface area contributed by atoms with Gasteiger partial charge in [0.15, 0.2) is 0 Å². The molecule has 266 valence electrons. The number of halogens is 1. The van der Waals surface area contributed by atoms with Gasteiger partial charge in [-0.15, -0.1) is 0 Å². The zero-order valence-electron chi connectivity index (χ0n) is 29.3. The highest BCUT2D eigenvalue weighted by molar-refractivity contribution is 6.33. The molecule has 3 N–H and O–H groups in total. The Balaban J connectivity index is 1.09. The van der Waals surface area contributed by atoms with Crippen molar-refractivity contribution in [2.75, 3.05) is 77.0 Å². The number of hydrogen-bond donors (Lipinski definition) is 2. The lowest BCUT2D eigenvalue weighted by molar-refractivity contribution is -0.143. The lowest BCUT2D eigenvalue weighted by Crippen LogP contribution is -2.51. The quantitative estimate of drug-likeness (QED) is 0.388. The van der Waals surface area contributed by atoms with Crippen LogP contribution in [-0.4, -0.2) is 120 Å². The second-order valence-electron chi connectivity index (χ2n) is 14.5. The first-order chi connectivity index (χ1) is 23.7. The molecule has 4 aliphatic heterocycles. The minimum absolute atomic E-state index is 0.00496. The number of likely N-dealkylation sites (tertiary alicyclic amines) is 2. The number of nitrogens with two attached hydrogens (primary N) is 1. The second-order valence-corrected chi connectivity index (χ2v) is 14.9. The van der Waals surface area contributed by atoms with E-state index in [1.54, 1.807) is 0 Å². The number of carbonyl (C=O) groups is 3. The fourth-order valence-corrected chi connectivity index (χ4v) is 8.59. The van der Waals surface area contributed by atoms with Crippen LogP contribution in [0.3, 0.4) is 0 Å². The number of nitrogens with zero attached hydrogens (tertiary/aromatic N) is 5. The number of anilines is 2. The van der Waals surface area contributed by atoms with Gasteiger partial charge >= 0.3 is 6.03 Å². The monoisotopic (exact) mass is 691 g/mol. The molecule has 3 saturated heterocycles. The molecule has 4 aliphatic rings. The number of rotatable bonds is 8. The van der Waals surface area contributed by atoms with E-state index in [4.69, 9.17) is 17.3 Å². The summed E-state index contributed by atoms with van der Waals surface area (Å²) in [5.41, 5.74) is 10.8. The molecule has 11 heteroatoms. The van der Waals surface area contributed by atoms with Gasteiger partial charge in [0, 0.05) is 70.0 Å². The fourth-order valence-electron chi connectivity index (χ4n) is 8.32. The molecule has 4 amide bonds. The topological polar surface area (TPSA) is 105 Å². The smallest absolute Gasteiger partial charge is 0.322 e. The molecule has 0 aliphatic carbocycles. The number of likely N-dealkylation sites (N-methyl/N-ethyl adjacent to an activating group) is 1. The Bertz CT molecular complexity index is 1490. The van der Waals surface area contributed by atoms with E-state index in [2.05, 4.69) is 28.2 Å². The fraction of sp³-hybridized carbons (Fsp3) is 0.605. The summed E-state index contributed by atoms with van der Waals surface area (Å²) >= 11 is 6.54. The minimum Gasteiger partial charge on any atom is -0.397 e. The van der Waals surface area contributed by atoms with Gasteiger partial charge in [-0.1, -0.05) is 42.8 Å². The Morgan fingerprint density at radius 1 is 0.918 bits per heavy atom. The van der Waals surface area contributed by atoms with E-state index >= 15 is 0 Å². The molecule has 0 saturated carbocycles. The number of urea groups is 1. The highest BCUT2D eigenvalue weighted by atomic mass is 35.5. The van der Waals surface area contributed by atoms with Crippen molar-refractivity contribution in [3.8, 4) is 0 Å². The Morgan fingerprint density at radius 2 is 1.63 bits per heavy atom. The molecule has 49 heavy (non-hydrogen) atoms. The normalized spacial score (nSPS) is 21.1. The molecule has 2 aromatic carbocycles. The van der Waals surface area contributed by atoms with Gasteiger partial charge in [0.1, 0.15) is 0 Å². The lowest BCUT2D eigenvalue weighted by atomic mass is 9.91. The van der Waals surface area contributed by atoms with E-state index in [0.29, 0.717) is 42.8 Å². The molecular formula is C38H54ClN7O3. The van der Waals surface area contributed by atoms with Crippen LogP contribution in [-0.2, 0) is 28.9 Å². The standard InChI is InChI=1S/C38H54ClN7O3/c1-3-28-23-27(25-33(39)36(28)40)24-30(37(48)45-18-10-31(11-19-45)43-15-6-14-42(2)21-22-43)26-35(47)44-16-12-32(13-17-44)46-20-9-29-7-4-5-8-34(29)41-38(46)49/h4-5,7-8,23,25,30-32H,3,6,9-22,24,26,40H2,1-2H3,(H,41,49)/t30-/m0/s1. The van der Waals surface area contributed by atoms with Crippen LogP contribution in [0.15, 0.2) is 36.4 Å². The van der Waals surface area contributed by atoms with Crippen molar-refractivity contribution in [2.45, 2.75) is 76.8 Å². The highest BCUT2D eigenvalue weighted by Crippen LogP contribution is 2.30. The number of carbonyl (C=O) groups excluding carboxylic acids is 3. The summed E-state index contributed by atoms with van der Waals surface area (Å²) in [6, 6.07) is 12.4.